The minimum atomic E-state index is -1.38. The van der Waals surface area contributed by atoms with Gasteiger partial charge in [-0.1, -0.05) is 48.5 Å². The molecular weight excluding hydrogens is 681 g/mol. The highest BCUT2D eigenvalue weighted by atomic mass is 32.2. The molecule has 10 heteroatoms. The summed E-state index contributed by atoms with van der Waals surface area (Å²) in [5, 5.41) is 25.8. The summed E-state index contributed by atoms with van der Waals surface area (Å²) < 4.78 is 54.1. The Morgan fingerprint density at radius 1 is 0.580 bits per heavy atom. The Hall–Kier alpha value is -2.86. The van der Waals surface area contributed by atoms with Gasteiger partial charge < -0.3 is 20.8 Å². The highest BCUT2D eigenvalue weighted by molar-refractivity contribution is 8.00. The number of halogens is 4. The van der Waals surface area contributed by atoms with E-state index in [0.717, 1.165) is 33.8 Å². The number of hydrogen-bond acceptors (Lipinski definition) is 6. The smallest absolute Gasteiger partial charge is 0.130 e. The van der Waals surface area contributed by atoms with Crippen molar-refractivity contribution in [2.45, 2.75) is 83.2 Å². The molecule has 2 aliphatic rings. The van der Waals surface area contributed by atoms with Crippen LogP contribution in [0.4, 0.5) is 17.6 Å². The summed E-state index contributed by atoms with van der Waals surface area (Å²) in [6.07, 6.45) is 1.51. The van der Waals surface area contributed by atoms with Gasteiger partial charge in [0.15, 0.2) is 0 Å². The van der Waals surface area contributed by atoms with Crippen molar-refractivity contribution in [2.75, 3.05) is 26.3 Å². The standard InChI is InChI=1S/2C20H23F2NOS/c2*1-19(2,22)14-3-5-15(6-4-14)20(11-17(12-24)23-13-20)25-18-9-7-16(21)8-10-18/h2*3-10,17,23-24H,11-13H2,1-2H3/t2*17-,20?/m00/s1. The van der Waals surface area contributed by atoms with E-state index in [4.69, 9.17) is 0 Å². The molecule has 0 aliphatic carbocycles. The minimum Gasteiger partial charge on any atom is -0.395 e. The Labute approximate surface area is 301 Å². The second-order valence-electron chi connectivity index (χ2n) is 14.1. The molecule has 0 radical (unpaired) electrons. The molecule has 0 aromatic heterocycles. The maximum absolute atomic E-state index is 14.1. The lowest BCUT2D eigenvalue weighted by Crippen LogP contribution is -2.26. The predicted octanol–water partition coefficient (Wildman–Crippen LogP) is 8.74. The van der Waals surface area contributed by atoms with Crippen LogP contribution in [-0.2, 0) is 20.8 Å². The molecule has 4 aromatic rings. The van der Waals surface area contributed by atoms with Crippen molar-refractivity contribution < 1.29 is 27.8 Å². The number of aliphatic hydroxyl groups excluding tert-OH is 2. The fraction of sp³-hybridized carbons (Fsp3) is 0.400. The molecule has 2 unspecified atom stereocenters. The molecule has 2 aliphatic heterocycles. The average Bonchev–Trinajstić information content (AvgIpc) is 3.72. The van der Waals surface area contributed by atoms with Gasteiger partial charge in [-0.15, -0.1) is 23.5 Å². The van der Waals surface area contributed by atoms with Gasteiger partial charge in [0.1, 0.15) is 23.0 Å². The molecule has 2 fully saturated rings. The fourth-order valence-corrected chi connectivity index (χ4v) is 9.31. The molecule has 2 saturated heterocycles. The molecule has 6 rings (SSSR count). The summed E-state index contributed by atoms with van der Waals surface area (Å²) in [6, 6.07) is 28.1. The van der Waals surface area contributed by atoms with Crippen LogP contribution in [0.5, 0.6) is 0 Å². The van der Waals surface area contributed by atoms with E-state index in [2.05, 4.69) is 10.6 Å². The topological polar surface area (TPSA) is 64.5 Å². The molecule has 4 N–H and O–H groups in total. The van der Waals surface area contributed by atoms with E-state index in [1.165, 1.54) is 24.3 Å². The highest BCUT2D eigenvalue weighted by Gasteiger charge is 2.42. The van der Waals surface area contributed by atoms with Crippen LogP contribution in [0.15, 0.2) is 107 Å². The normalized spacial score (nSPS) is 23.8. The Bertz CT molecular complexity index is 1550. The zero-order chi connectivity index (χ0) is 36.2. The van der Waals surface area contributed by atoms with E-state index >= 15 is 0 Å². The SMILES string of the molecule is CC(C)(F)c1ccc(C2(Sc3ccc(F)cc3)CN[C@H](CO)C2)cc1.CC(C)(F)c1ccc(C2(Sc3ccc(F)cc3)CN[C@H](CO)C2)cc1. The van der Waals surface area contributed by atoms with Crippen molar-refractivity contribution in [3.63, 3.8) is 0 Å². The third kappa shape index (κ3) is 9.32. The first-order chi connectivity index (χ1) is 23.6. The number of hydrogen-bond donors (Lipinski definition) is 4. The molecule has 0 bridgehead atoms. The fourth-order valence-electron chi connectivity index (χ4n) is 6.47. The van der Waals surface area contributed by atoms with E-state index in [1.54, 1.807) is 75.5 Å². The predicted molar refractivity (Wildman–Crippen MR) is 196 cm³/mol. The van der Waals surface area contributed by atoms with Gasteiger partial charge >= 0.3 is 0 Å². The largest absolute Gasteiger partial charge is 0.395 e. The van der Waals surface area contributed by atoms with Gasteiger partial charge in [0.25, 0.3) is 0 Å². The Morgan fingerprint density at radius 3 is 1.16 bits per heavy atom. The second kappa shape index (κ2) is 15.8. The van der Waals surface area contributed by atoms with Crippen LogP contribution in [0.1, 0.15) is 62.8 Å². The molecule has 4 atom stereocenters. The van der Waals surface area contributed by atoms with E-state index in [1.807, 2.05) is 48.5 Å². The summed E-state index contributed by atoms with van der Waals surface area (Å²) in [5.74, 6) is -0.517. The van der Waals surface area contributed by atoms with Crippen molar-refractivity contribution in [1.82, 2.24) is 10.6 Å². The van der Waals surface area contributed by atoms with Crippen LogP contribution in [0.3, 0.4) is 0 Å². The van der Waals surface area contributed by atoms with Crippen LogP contribution < -0.4 is 10.6 Å². The van der Waals surface area contributed by atoms with E-state index in [-0.39, 0.29) is 46.4 Å². The van der Waals surface area contributed by atoms with Crippen LogP contribution >= 0.6 is 23.5 Å². The van der Waals surface area contributed by atoms with Crippen LogP contribution in [0, 0.1) is 11.6 Å². The van der Waals surface area contributed by atoms with Crippen LogP contribution in [-0.4, -0.2) is 48.6 Å². The highest BCUT2D eigenvalue weighted by Crippen LogP contribution is 2.49. The van der Waals surface area contributed by atoms with Crippen molar-refractivity contribution in [2.24, 2.45) is 0 Å². The van der Waals surface area contributed by atoms with Gasteiger partial charge in [-0.05, 0) is 111 Å². The summed E-state index contributed by atoms with van der Waals surface area (Å²) in [7, 11) is 0. The monoisotopic (exact) mass is 726 g/mol. The van der Waals surface area contributed by atoms with Crippen molar-refractivity contribution >= 4 is 23.5 Å². The quantitative estimate of drug-likeness (QED) is 0.123. The van der Waals surface area contributed by atoms with Crippen LogP contribution in [0.25, 0.3) is 0 Å². The summed E-state index contributed by atoms with van der Waals surface area (Å²) in [5.41, 5.74) is 0.691. The molecule has 4 nitrogen and oxygen atoms in total. The van der Waals surface area contributed by atoms with Crippen molar-refractivity contribution in [3.8, 4) is 0 Å². The molecule has 2 heterocycles. The number of nitrogens with one attached hydrogen (secondary N) is 2. The molecular formula is C40H46F4N2O2S2. The number of alkyl halides is 2. The Kier molecular flexibility index (Phi) is 12.1. The molecule has 50 heavy (non-hydrogen) atoms. The molecule has 0 amide bonds. The molecule has 0 saturated carbocycles. The number of aliphatic hydroxyl groups is 2. The van der Waals surface area contributed by atoms with Crippen molar-refractivity contribution in [3.05, 3.63) is 131 Å². The summed E-state index contributed by atoms with van der Waals surface area (Å²) >= 11 is 3.32. The first kappa shape index (κ1) is 38.4. The third-order valence-corrected chi connectivity index (χ3v) is 12.3. The maximum atomic E-state index is 14.1. The zero-order valence-corrected chi connectivity index (χ0v) is 30.5. The summed E-state index contributed by atoms with van der Waals surface area (Å²) in [4.78, 5) is 1.94. The van der Waals surface area contributed by atoms with Gasteiger partial charge in [0, 0.05) is 35.0 Å². The lowest BCUT2D eigenvalue weighted by atomic mass is 9.92. The minimum absolute atomic E-state index is 0.0187. The number of benzene rings is 4. The first-order valence-corrected chi connectivity index (χ1v) is 18.5. The van der Waals surface area contributed by atoms with Gasteiger partial charge in [0.2, 0.25) is 0 Å². The number of thioether (sulfide) groups is 2. The first-order valence-electron chi connectivity index (χ1n) is 16.8. The van der Waals surface area contributed by atoms with Gasteiger partial charge in [-0.2, -0.15) is 0 Å². The number of rotatable bonds is 10. The Balaban J connectivity index is 0.000000194. The van der Waals surface area contributed by atoms with Gasteiger partial charge in [0.05, 0.1) is 22.7 Å². The molecule has 0 spiro atoms. The Morgan fingerprint density at radius 2 is 0.900 bits per heavy atom. The third-order valence-electron chi connectivity index (χ3n) is 9.39. The van der Waals surface area contributed by atoms with Gasteiger partial charge in [-0.3, -0.25) is 0 Å². The lowest BCUT2D eigenvalue weighted by molar-refractivity contribution is 0.221. The van der Waals surface area contributed by atoms with E-state index in [0.29, 0.717) is 24.2 Å². The second-order valence-corrected chi connectivity index (χ2v) is 17.0. The molecule has 4 aromatic carbocycles. The van der Waals surface area contributed by atoms with E-state index in [9.17, 15) is 27.8 Å². The summed E-state index contributed by atoms with van der Waals surface area (Å²) in [6.45, 7) is 7.71. The zero-order valence-electron chi connectivity index (χ0n) is 28.9. The average molecular weight is 727 g/mol. The maximum Gasteiger partial charge on any atom is 0.130 e. The van der Waals surface area contributed by atoms with Gasteiger partial charge in [-0.25, -0.2) is 17.6 Å². The lowest BCUT2D eigenvalue weighted by Gasteiger charge is -2.29. The van der Waals surface area contributed by atoms with Crippen molar-refractivity contribution in [1.29, 1.82) is 0 Å². The van der Waals surface area contributed by atoms with E-state index < -0.39 is 11.3 Å². The molecule has 268 valence electrons. The van der Waals surface area contributed by atoms with Crippen LogP contribution in [0.2, 0.25) is 0 Å².